The molecule has 1 atom stereocenters. The van der Waals surface area contributed by atoms with Gasteiger partial charge >= 0.3 is 0 Å². The number of rotatable bonds is 4. The quantitative estimate of drug-likeness (QED) is 0.739. The summed E-state index contributed by atoms with van der Waals surface area (Å²) in [6, 6.07) is 1.17. The number of nitrogens with zero attached hydrogens (tertiary/aromatic N) is 4. The predicted molar refractivity (Wildman–Crippen MR) is 94.3 cm³/mol. The first-order chi connectivity index (χ1) is 13.3. The second-order valence-corrected chi connectivity index (χ2v) is 7.57. The lowest BCUT2D eigenvalue weighted by Crippen LogP contribution is -2.30. The first-order valence-corrected chi connectivity index (χ1v) is 9.00. The number of nitrogens with one attached hydrogen (secondary N) is 1. The molecule has 0 fully saturated rings. The zero-order valence-corrected chi connectivity index (χ0v) is 15.8. The molecule has 6 nitrogen and oxygen atoms in total. The second-order valence-electron chi connectivity index (χ2n) is 7.57. The average molecular weight is 391 g/mol. The van der Waals surface area contributed by atoms with Crippen LogP contribution in [-0.4, -0.2) is 25.0 Å². The first-order valence-electron chi connectivity index (χ1n) is 9.00. The first kappa shape index (κ1) is 18.5. The topological polar surface area (TPSA) is 68.6 Å². The minimum absolute atomic E-state index is 0.159. The van der Waals surface area contributed by atoms with Gasteiger partial charge in [-0.25, -0.2) is 13.2 Å². The number of aromatic amines is 1. The van der Waals surface area contributed by atoms with E-state index in [9.17, 15) is 13.2 Å². The fraction of sp³-hybridized carbons (Fsp3) is 0.421. The molecular weight excluding hydrogens is 371 g/mol. The van der Waals surface area contributed by atoms with Crippen LogP contribution in [0.3, 0.4) is 0 Å². The summed E-state index contributed by atoms with van der Waals surface area (Å²) in [7, 11) is 1.80. The van der Waals surface area contributed by atoms with Crippen molar-refractivity contribution in [3.63, 3.8) is 0 Å². The van der Waals surface area contributed by atoms with E-state index >= 15 is 0 Å². The van der Waals surface area contributed by atoms with Crippen LogP contribution in [0.5, 0.6) is 5.75 Å². The van der Waals surface area contributed by atoms with Crippen molar-refractivity contribution in [2.24, 2.45) is 7.05 Å². The van der Waals surface area contributed by atoms with Crippen LogP contribution in [0.1, 0.15) is 49.1 Å². The van der Waals surface area contributed by atoms with Gasteiger partial charge in [0.2, 0.25) is 0 Å². The Morgan fingerprint density at radius 3 is 2.61 bits per heavy atom. The van der Waals surface area contributed by atoms with Crippen LogP contribution in [0.25, 0.3) is 0 Å². The third kappa shape index (κ3) is 3.14. The van der Waals surface area contributed by atoms with E-state index in [0.29, 0.717) is 18.0 Å². The summed E-state index contributed by atoms with van der Waals surface area (Å²) in [5.74, 6) is -2.50. The summed E-state index contributed by atoms with van der Waals surface area (Å²) in [5, 5.41) is 15.6. The Bertz CT molecular complexity index is 1000. The Morgan fingerprint density at radius 1 is 1.18 bits per heavy atom. The maximum absolute atomic E-state index is 14.0. The van der Waals surface area contributed by atoms with Gasteiger partial charge in [0.15, 0.2) is 28.8 Å². The predicted octanol–water partition coefficient (Wildman–Crippen LogP) is 3.54. The summed E-state index contributed by atoms with van der Waals surface area (Å²) in [6.07, 6.45) is 4.38. The lowest BCUT2D eigenvalue weighted by atomic mass is 9.87. The normalized spacial score (nSPS) is 16.9. The van der Waals surface area contributed by atoms with Crippen molar-refractivity contribution >= 4 is 0 Å². The van der Waals surface area contributed by atoms with Crippen LogP contribution >= 0.6 is 0 Å². The molecule has 2 aromatic heterocycles. The van der Waals surface area contributed by atoms with Gasteiger partial charge in [-0.05, 0) is 38.7 Å². The van der Waals surface area contributed by atoms with E-state index in [1.165, 1.54) is 0 Å². The molecule has 0 saturated heterocycles. The molecule has 1 unspecified atom stereocenters. The number of benzene rings is 1. The molecule has 0 spiro atoms. The maximum Gasteiger partial charge on any atom is 0.192 e. The van der Waals surface area contributed by atoms with E-state index in [2.05, 4.69) is 20.4 Å². The van der Waals surface area contributed by atoms with Gasteiger partial charge < -0.3 is 9.30 Å². The van der Waals surface area contributed by atoms with Crippen LogP contribution in [0.2, 0.25) is 0 Å². The van der Waals surface area contributed by atoms with Crippen molar-refractivity contribution in [1.82, 2.24) is 25.0 Å². The summed E-state index contributed by atoms with van der Waals surface area (Å²) in [4.78, 5) is 0. The molecule has 4 rings (SSSR count). The molecule has 2 heterocycles. The fourth-order valence-electron chi connectivity index (χ4n) is 3.78. The van der Waals surface area contributed by atoms with Crippen LogP contribution in [0.15, 0.2) is 18.3 Å². The summed E-state index contributed by atoms with van der Waals surface area (Å²) in [5.41, 5.74) is 1.12. The molecule has 0 amide bonds. The van der Waals surface area contributed by atoms with E-state index in [1.807, 2.05) is 6.20 Å². The van der Waals surface area contributed by atoms with Crippen molar-refractivity contribution in [3.8, 4) is 5.75 Å². The average Bonchev–Trinajstić information content (AvgIpc) is 3.24. The molecule has 0 aliphatic heterocycles. The molecule has 148 valence electrons. The Labute approximate surface area is 159 Å². The van der Waals surface area contributed by atoms with E-state index in [1.54, 1.807) is 25.5 Å². The van der Waals surface area contributed by atoms with E-state index < -0.39 is 28.8 Å². The third-order valence-electron chi connectivity index (χ3n) is 5.15. The van der Waals surface area contributed by atoms with E-state index in [4.69, 9.17) is 4.74 Å². The Hall–Kier alpha value is -2.84. The third-order valence-corrected chi connectivity index (χ3v) is 5.15. The monoisotopic (exact) mass is 391 g/mol. The number of aryl methyl sites for hydroxylation is 1. The standard InChI is InChI=1S/C19H20F3N5O/c1-19(2,28-16-13(21)7-12(20)8-14(16)22)18-26-25-17(27(18)3)10-4-5-15-11(6-10)9-23-24-15/h7-10H,4-6H2,1-3H3,(H,23,24). The maximum atomic E-state index is 14.0. The highest BCUT2D eigenvalue weighted by Crippen LogP contribution is 2.34. The Morgan fingerprint density at radius 2 is 1.89 bits per heavy atom. The molecule has 1 aliphatic carbocycles. The van der Waals surface area contributed by atoms with Crippen molar-refractivity contribution in [2.75, 3.05) is 0 Å². The molecule has 1 aromatic carbocycles. The highest BCUT2D eigenvalue weighted by atomic mass is 19.1. The van der Waals surface area contributed by atoms with Gasteiger partial charge in [-0.2, -0.15) is 5.10 Å². The number of hydrogen-bond acceptors (Lipinski definition) is 4. The van der Waals surface area contributed by atoms with Gasteiger partial charge in [0.1, 0.15) is 11.6 Å². The van der Waals surface area contributed by atoms with Gasteiger partial charge in [0.05, 0.1) is 6.20 Å². The van der Waals surface area contributed by atoms with Gasteiger partial charge in [-0.1, -0.05) is 0 Å². The van der Waals surface area contributed by atoms with Gasteiger partial charge in [-0.15, -0.1) is 10.2 Å². The molecule has 0 saturated carbocycles. The van der Waals surface area contributed by atoms with Gasteiger partial charge in [0, 0.05) is 30.8 Å². The Kier molecular flexibility index (Phi) is 4.40. The number of halogens is 3. The summed E-state index contributed by atoms with van der Waals surface area (Å²) < 4.78 is 48.5. The number of hydrogen-bond donors (Lipinski definition) is 1. The minimum Gasteiger partial charge on any atom is -0.474 e. The zero-order valence-electron chi connectivity index (χ0n) is 15.8. The van der Waals surface area contributed by atoms with Crippen molar-refractivity contribution in [3.05, 3.63) is 58.7 Å². The van der Waals surface area contributed by atoms with Gasteiger partial charge in [-0.3, -0.25) is 5.10 Å². The van der Waals surface area contributed by atoms with E-state index in [0.717, 1.165) is 36.3 Å². The Balaban J connectivity index is 1.61. The van der Waals surface area contributed by atoms with Crippen LogP contribution in [0.4, 0.5) is 13.2 Å². The van der Waals surface area contributed by atoms with E-state index in [-0.39, 0.29) is 5.92 Å². The lowest BCUT2D eigenvalue weighted by molar-refractivity contribution is 0.0829. The highest BCUT2D eigenvalue weighted by molar-refractivity contribution is 5.29. The lowest BCUT2D eigenvalue weighted by Gasteiger charge is -2.27. The molecule has 1 aliphatic rings. The molecule has 0 radical (unpaired) electrons. The molecule has 9 heteroatoms. The minimum atomic E-state index is -1.19. The van der Waals surface area contributed by atoms with Crippen molar-refractivity contribution in [1.29, 1.82) is 0 Å². The fourth-order valence-corrected chi connectivity index (χ4v) is 3.78. The summed E-state index contributed by atoms with van der Waals surface area (Å²) >= 11 is 0. The van der Waals surface area contributed by atoms with Gasteiger partial charge in [0.25, 0.3) is 0 Å². The van der Waals surface area contributed by atoms with Crippen LogP contribution in [0, 0.1) is 17.5 Å². The molecule has 3 aromatic rings. The number of H-pyrrole nitrogens is 1. The van der Waals surface area contributed by atoms with Crippen LogP contribution in [-0.2, 0) is 25.5 Å². The number of fused-ring (bicyclic) bond motifs is 1. The zero-order chi connectivity index (χ0) is 20.1. The van der Waals surface area contributed by atoms with Crippen LogP contribution < -0.4 is 4.74 Å². The summed E-state index contributed by atoms with van der Waals surface area (Å²) in [6.45, 7) is 3.27. The molecule has 0 bridgehead atoms. The smallest absolute Gasteiger partial charge is 0.192 e. The molecule has 1 N–H and O–H groups in total. The number of aromatic nitrogens is 5. The second kappa shape index (κ2) is 6.65. The largest absolute Gasteiger partial charge is 0.474 e. The highest BCUT2D eigenvalue weighted by Gasteiger charge is 2.34. The SMILES string of the molecule is Cn1c(C2CCc3[nH]ncc3C2)nnc1C(C)(C)Oc1c(F)cc(F)cc1F. The molecular formula is C19H20F3N5O. The van der Waals surface area contributed by atoms with Crippen molar-refractivity contribution < 1.29 is 17.9 Å². The number of ether oxygens (including phenoxy) is 1. The molecule has 28 heavy (non-hydrogen) atoms. The van der Waals surface area contributed by atoms with Crippen molar-refractivity contribution in [2.45, 2.75) is 44.6 Å².